The van der Waals surface area contributed by atoms with Crippen molar-refractivity contribution in [3.05, 3.63) is 0 Å². The fourth-order valence-corrected chi connectivity index (χ4v) is 2.98. The van der Waals surface area contributed by atoms with E-state index in [1.807, 2.05) is 0 Å². The molecule has 0 aromatic rings. The Balaban J connectivity index is 2.50. The van der Waals surface area contributed by atoms with Gasteiger partial charge in [0, 0.05) is 25.2 Å². The Morgan fingerprint density at radius 3 is 2.65 bits per heavy atom. The molecule has 1 N–H and O–H groups in total. The van der Waals surface area contributed by atoms with Crippen molar-refractivity contribution in [3.8, 4) is 0 Å². The second kappa shape index (κ2) is 8.06. The second-order valence-corrected chi connectivity index (χ2v) is 5.21. The van der Waals surface area contributed by atoms with E-state index < -0.39 is 0 Å². The third kappa shape index (κ3) is 4.57. The second-order valence-electron chi connectivity index (χ2n) is 5.21. The summed E-state index contributed by atoms with van der Waals surface area (Å²) in [5, 5.41) is 3.50. The van der Waals surface area contributed by atoms with Gasteiger partial charge in [-0.1, -0.05) is 13.8 Å². The van der Waals surface area contributed by atoms with E-state index in [1.165, 1.54) is 19.3 Å². The summed E-state index contributed by atoms with van der Waals surface area (Å²) in [6, 6.07) is 1.35. The minimum absolute atomic E-state index is 0.660. The Bertz CT molecular complexity index is 199. The molecule has 0 saturated heterocycles. The van der Waals surface area contributed by atoms with Gasteiger partial charge >= 0.3 is 0 Å². The molecular formula is C14H30N2O. The molecule has 3 heteroatoms. The molecule has 1 aliphatic carbocycles. The van der Waals surface area contributed by atoms with Gasteiger partial charge in [0.25, 0.3) is 0 Å². The molecule has 0 aromatic heterocycles. The van der Waals surface area contributed by atoms with E-state index in [0.717, 1.165) is 32.2 Å². The smallest absolute Gasteiger partial charge is 0.0593 e. The molecule has 3 unspecified atom stereocenters. The molecule has 102 valence electrons. The van der Waals surface area contributed by atoms with Crippen molar-refractivity contribution in [2.45, 2.75) is 52.1 Å². The first-order chi connectivity index (χ1) is 8.22. The molecule has 1 aliphatic rings. The molecule has 1 fully saturated rings. The molecule has 1 rings (SSSR count). The van der Waals surface area contributed by atoms with Crippen LogP contribution in [0.2, 0.25) is 0 Å². The Kier molecular flexibility index (Phi) is 7.09. The van der Waals surface area contributed by atoms with Crippen LogP contribution < -0.4 is 5.32 Å². The number of nitrogens with one attached hydrogen (secondary N) is 1. The van der Waals surface area contributed by atoms with E-state index >= 15 is 0 Å². The number of hydrogen-bond acceptors (Lipinski definition) is 3. The maximum absolute atomic E-state index is 5.49. The van der Waals surface area contributed by atoms with Gasteiger partial charge in [0.15, 0.2) is 0 Å². The van der Waals surface area contributed by atoms with E-state index in [0.29, 0.717) is 12.1 Å². The van der Waals surface area contributed by atoms with Crippen LogP contribution in [-0.2, 0) is 4.74 Å². The van der Waals surface area contributed by atoms with Gasteiger partial charge in [-0.3, -0.25) is 4.90 Å². The molecule has 0 aromatic carbocycles. The fourth-order valence-electron chi connectivity index (χ4n) is 2.98. The first-order valence-corrected chi connectivity index (χ1v) is 7.21. The average molecular weight is 242 g/mol. The van der Waals surface area contributed by atoms with Gasteiger partial charge < -0.3 is 10.1 Å². The van der Waals surface area contributed by atoms with Crippen molar-refractivity contribution in [2.75, 3.05) is 33.4 Å². The van der Waals surface area contributed by atoms with E-state index in [-0.39, 0.29) is 0 Å². The van der Waals surface area contributed by atoms with Crippen molar-refractivity contribution in [3.63, 3.8) is 0 Å². The van der Waals surface area contributed by atoms with Crippen LogP contribution in [0.4, 0.5) is 0 Å². The number of nitrogens with zero attached hydrogens (tertiary/aromatic N) is 1. The Morgan fingerprint density at radius 1 is 1.29 bits per heavy atom. The lowest BCUT2D eigenvalue weighted by Gasteiger charge is -2.41. The molecule has 0 amide bonds. The van der Waals surface area contributed by atoms with Crippen LogP contribution in [0, 0.1) is 5.92 Å². The van der Waals surface area contributed by atoms with Gasteiger partial charge in [-0.2, -0.15) is 0 Å². The lowest BCUT2D eigenvalue weighted by atomic mass is 9.82. The number of rotatable bonds is 7. The Labute approximate surface area is 107 Å². The van der Waals surface area contributed by atoms with Gasteiger partial charge in [-0.15, -0.1) is 0 Å². The van der Waals surface area contributed by atoms with Crippen molar-refractivity contribution in [2.24, 2.45) is 5.92 Å². The number of hydrogen-bond donors (Lipinski definition) is 1. The average Bonchev–Trinajstić information content (AvgIpc) is 2.35. The summed E-state index contributed by atoms with van der Waals surface area (Å²) in [6.45, 7) is 10.6. The highest BCUT2D eigenvalue weighted by atomic mass is 16.5. The quantitative estimate of drug-likeness (QED) is 0.692. The lowest BCUT2D eigenvalue weighted by Crippen LogP contribution is -2.52. The highest BCUT2D eigenvalue weighted by molar-refractivity contribution is 4.89. The van der Waals surface area contributed by atoms with E-state index in [9.17, 15) is 0 Å². The summed E-state index contributed by atoms with van der Waals surface area (Å²) in [6.07, 6.45) is 4.00. The summed E-state index contributed by atoms with van der Waals surface area (Å²) < 4.78 is 5.49. The van der Waals surface area contributed by atoms with E-state index in [4.69, 9.17) is 4.74 Å². The monoisotopic (exact) mass is 242 g/mol. The molecule has 0 aliphatic heterocycles. The van der Waals surface area contributed by atoms with Gasteiger partial charge in [0.05, 0.1) is 6.61 Å². The molecule has 0 spiro atoms. The molecule has 0 radical (unpaired) electrons. The summed E-state index contributed by atoms with van der Waals surface area (Å²) in [7, 11) is 2.10. The van der Waals surface area contributed by atoms with Crippen LogP contribution in [0.1, 0.15) is 40.0 Å². The van der Waals surface area contributed by atoms with Gasteiger partial charge in [-0.25, -0.2) is 0 Å². The SMILES string of the molecule is CCOCCN(CC)C1CC(C)CCC1NC. The molecule has 0 bridgehead atoms. The summed E-state index contributed by atoms with van der Waals surface area (Å²) in [5.41, 5.74) is 0. The first-order valence-electron chi connectivity index (χ1n) is 7.21. The van der Waals surface area contributed by atoms with Crippen molar-refractivity contribution in [1.82, 2.24) is 10.2 Å². The fraction of sp³-hybridized carbons (Fsp3) is 1.00. The van der Waals surface area contributed by atoms with Gasteiger partial charge in [-0.05, 0) is 45.7 Å². The number of ether oxygens (including phenoxy) is 1. The van der Waals surface area contributed by atoms with Gasteiger partial charge in [0.1, 0.15) is 0 Å². The Hall–Kier alpha value is -0.120. The standard InChI is InChI=1S/C14H30N2O/c1-5-16(9-10-17-6-2)14-11-12(3)7-8-13(14)15-4/h12-15H,5-11H2,1-4H3. The summed E-state index contributed by atoms with van der Waals surface area (Å²) >= 11 is 0. The topological polar surface area (TPSA) is 24.5 Å². The molecule has 3 atom stereocenters. The maximum atomic E-state index is 5.49. The Morgan fingerprint density at radius 2 is 2.06 bits per heavy atom. The predicted molar refractivity (Wildman–Crippen MR) is 73.4 cm³/mol. The van der Waals surface area contributed by atoms with Crippen LogP contribution >= 0.6 is 0 Å². The zero-order valence-electron chi connectivity index (χ0n) is 12.0. The van der Waals surface area contributed by atoms with Crippen molar-refractivity contribution in [1.29, 1.82) is 0 Å². The van der Waals surface area contributed by atoms with E-state index in [2.05, 4.69) is 38.0 Å². The highest BCUT2D eigenvalue weighted by Crippen LogP contribution is 2.27. The first kappa shape index (κ1) is 14.9. The minimum Gasteiger partial charge on any atom is -0.380 e. The minimum atomic E-state index is 0.660. The zero-order chi connectivity index (χ0) is 12.7. The van der Waals surface area contributed by atoms with Crippen LogP contribution in [0.5, 0.6) is 0 Å². The van der Waals surface area contributed by atoms with Crippen molar-refractivity contribution >= 4 is 0 Å². The third-order valence-corrected chi connectivity index (χ3v) is 4.05. The molecule has 0 heterocycles. The van der Waals surface area contributed by atoms with Crippen LogP contribution in [0.3, 0.4) is 0 Å². The summed E-state index contributed by atoms with van der Waals surface area (Å²) in [5.74, 6) is 0.866. The molecular weight excluding hydrogens is 212 g/mol. The van der Waals surface area contributed by atoms with E-state index in [1.54, 1.807) is 0 Å². The molecule has 17 heavy (non-hydrogen) atoms. The molecule has 3 nitrogen and oxygen atoms in total. The summed E-state index contributed by atoms with van der Waals surface area (Å²) in [4.78, 5) is 2.59. The third-order valence-electron chi connectivity index (χ3n) is 4.05. The largest absolute Gasteiger partial charge is 0.380 e. The van der Waals surface area contributed by atoms with Crippen LogP contribution in [0.15, 0.2) is 0 Å². The number of likely N-dealkylation sites (N-methyl/N-ethyl adjacent to an activating group) is 2. The van der Waals surface area contributed by atoms with Gasteiger partial charge in [0.2, 0.25) is 0 Å². The maximum Gasteiger partial charge on any atom is 0.0593 e. The molecule has 1 saturated carbocycles. The normalized spacial score (nSPS) is 29.8. The predicted octanol–water partition coefficient (Wildman–Crippen LogP) is 2.12. The van der Waals surface area contributed by atoms with Crippen LogP contribution in [-0.4, -0.2) is 50.3 Å². The zero-order valence-corrected chi connectivity index (χ0v) is 12.0. The lowest BCUT2D eigenvalue weighted by molar-refractivity contribution is 0.0639. The highest BCUT2D eigenvalue weighted by Gasteiger charge is 2.31. The van der Waals surface area contributed by atoms with Crippen LogP contribution in [0.25, 0.3) is 0 Å². The van der Waals surface area contributed by atoms with Crippen molar-refractivity contribution < 1.29 is 4.74 Å².